The maximum absolute atomic E-state index is 12.2. The minimum Gasteiger partial charge on any atom is -0.497 e. The monoisotopic (exact) mass is 340 g/mol. The van der Waals surface area contributed by atoms with Gasteiger partial charge in [-0.25, -0.2) is 5.43 Å². The number of thiophene rings is 1. The number of benzene rings is 1. The Morgan fingerprint density at radius 1 is 1.33 bits per heavy atom. The Balaban J connectivity index is 1.74. The molecule has 1 amide bonds. The summed E-state index contributed by atoms with van der Waals surface area (Å²) in [6.07, 6.45) is 1.61. The van der Waals surface area contributed by atoms with Crippen molar-refractivity contribution in [3.8, 4) is 17.0 Å². The van der Waals surface area contributed by atoms with Crippen molar-refractivity contribution in [3.63, 3.8) is 0 Å². The van der Waals surface area contributed by atoms with Crippen LogP contribution in [-0.4, -0.2) is 29.4 Å². The van der Waals surface area contributed by atoms with Crippen molar-refractivity contribution >= 4 is 23.5 Å². The van der Waals surface area contributed by atoms with Crippen LogP contribution in [0.3, 0.4) is 0 Å². The zero-order valence-corrected chi connectivity index (χ0v) is 14.1. The lowest BCUT2D eigenvalue weighted by Crippen LogP contribution is -2.19. The number of carbonyl (C=O) groups excluding carboxylic acids is 1. The van der Waals surface area contributed by atoms with Crippen LogP contribution in [0.2, 0.25) is 0 Å². The standard InChI is InChI=1S/C17H16N4O2S/c1-11-15(12-5-7-13(23-2)8-6-12)19-20-16(11)17(22)21-18-10-14-4-3-9-24-14/h3-10H,1-2H3,(H,19,20)(H,21,22)/b18-10-. The third kappa shape index (κ3) is 3.36. The molecule has 3 aromatic rings. The van der Waals surface area contributed by atoms with Crippen LogP contribution in [0, 0.1) is 6.92 Å². The number of nitrogens with one attached hydrogen (secondary N) is 2. The number of methoxy groups -OCH3 is 1. The van der Waals surface area contributed by atoms with Crippen molar-refractivity contribution in [2.45, 2.75) is 6.92 Å². The molecule has 2 N–H and O–H groups in total. The van der Waals surface area contributed by atoms with Crippen LogP contribution in [0.1, 0.15) is 20.9 Å². The van der Waals surface area contributed by atoms with Gasteiger partial charge in [-0.1, -0.05) is 6.07 Å². The molecule has 24 heavy (non-hydrogen) atoms. The molecule has 1 aromatic carbocycles. The van der Waals surface area contributed by atoms with Crippen LogP contribution in [0.4, 0.5) is 0 Å². The normalized spacial score (nSPS) is 10.9. The predicted octanol–water partition coefficient (Wildman–Crippen LogP) is 3.22. The molecule has 7 heteroatoms. The minimum atomic E-state index is -0.326. The molecule has 0 bridgehead atoms. The van der Waals surface area contributed by atoms with E-state index in [-0.39, 0.29) is 5.91 Å². The fourth-order valence-corrected chi connectivity index (χ4v) is 2.81. The second kappa shape index (κ2) is 7.10. The first-order valence-electron chi connectivity index (χ1n) is 7.25. The van der Waals surface area contributed by atoms with Gasteiger partial charge in [0.15, 0.2) is 0 Å². The second-order valence-electron chi connectivity index (χ2n) is 5.02. The van der Waals surface area contributed by atoms with Crippen molar-refractivity contribution in [1.82, 2.24) is 15.6 Å². The van der Waals surface area contributed by atoms with E-state index in [1.54, 1.807) is 24.7 Å². The van der Waals surface area contributed by atoms with Crippen molar-refractivity contribution < 1.29 is 9.53 Å². The van der Waals surface area contributed by atoms with Crippen molar-refractivity contribution in [2.75, 3.05) is 7.11 Å². The third-order valence-electron chi connectivity index (χ3n) is 3.50. The highest BCUT2D eigenvalue weighted by Crippen LogP contribution is 2.25. The van der Waals surface area contributed by atoms with Gasteiger partial charge in [-0.3, -0.25) is 9.89 Å². The van der Waals surface area contributed by atoms with Gasteiger partial charge in [0.25, 0.3) is 5.91 Å². The molecule has 6 nitrogen and oxygen atoms in total. The molecule has 0 saturated carbocycles. The number of amides is 1. The maximum atomic E-state index is 12.2. The van der Waals surface area contributed by atoms with Crippen molar-refractivity contribution in [1.29, 1.82) is 0 Å². The number of hydrogen-bond donors (Lipinski definition) is 2. The Bertz CT molecular complexity index is 851. The number of aromatic nitrogens is 2. The molecule has 2 heterocycles. The number of hydrazone groups is 1. The average Bonchev–Trinajstić information content (AvgIpc) is 3.24. The zero-order chi connectivity index (χ0) is 16.9. The first-order chi connectivity index (χ1) is 11.7. The summed E-state index contributed by atoms with van der Waals surface area (Å²) in [7, 11) is 1.62. The molecule has 0 unspecified atom stereocenters. The van der Waals surface area contributed by atoms with E-state index >= 15 is 0 Å². The van der Waals surface area contributed by atoms with Gasteiger partial charge in [0, 0.05) is 16.0 Å². The largest absolute Gasteiger partial charge is 0.497 e. The van der Waals surface area contributed by atoms with E-state index in [1.807, 2.05) is 48.7 Å². The lowest BCUT2D eigenvalue weighted by atomic mass is 10.1. The molecular formula is C17H16N4O2S. The fraction of sp³-hybridized carbons (Fsp3) is 0.118. The third-order valence-corrected chi connectivity index (χ3v) is 4.31. The molecule has 0 fully saturated rings. The summed E-state index contributed by atoms with van der Waals surface area (Å²) in [5.41, 5.74) is 5.30. The van der Waals surface area contributed by atoms with E-state index in [1.165, 1.54) is 0 Å². The minimum absolute atomic E-state index is 0.326. The highest BCUT2D eigenvalue weighted by Gasteiger charge is 2.16. The van der Waals surface area contributed by atoms with Crippen LogP contribution in [0.5, 0.6) is 5.75 Å². The van der Waals surface area contributed by atoms with Crippen LogP contribution >= 0.6 is 11.3 Å². The summed E-state index contributed by atoms with van der Waals surface area (Å²) < 4.78 is 5.15. The van der Waals surface area contributed by atoms with Gasteiger partial charge in [-0.2, -0.15) is 10.2 Å². The lowest BCUT2D eigenvalue weighted by molar-refractivity contribution is 0.0949. The number of nitrogens with zero attached hydrogens (tertiary/aromatic N) is 2. The Kier molecular flexibility index (Phi) is 4.72. The van der Waals surface area contributed by atoms with Gasteiger partial charge in [-0.15, -0.1) is 11.3 Å². The first-order valence-corrected chi connectivity index (χ1v) is 8.13. The molecular weight excluding hydrogens is 324 g/mol. The first kappa shape index (κ1) is 15.9. The Morgan fingerprint density at radius 2 is 2.12 bits per heavy atom. The molecule has 0 saturated heterocycles. The molecule has 0 aliphatic heterocycles. The topological polar surface area (TPSA) is 79.4 Å². The second-order valence-corrected chi connectivity index (χ2v) is 5.99. The highest BCUT2D eigenvalue weighted by atomic mass is 32.1. The quantitative estimate of drug-likeness (QED) is 0.553. The average molecular weight is 340 g/mol. The molecule has 0 aliphatic carbocycles. The maximum Gasteiger partial charge on any atom is 0.289 e. The Morgan fingerprint density at radius 3 is 2.79 bits per heavy atom. The van der Waals surface area contributed by atoms with Gasteiger partial charge in [0.1, 0.15) is 11.4 Å². The summed E-state index contributed by atoms with van der Waals surface area (Å²) >= 11 is 1.55. The number of ether oxygens (including phenoxy) is 1. The Hall–Kier alpha value is -2.93. The van der Waals surface area contributed by atoms with Crippen molar-refractivity contribution in [2.24, 2.45) is 5.10 Å². The smallest absolute Gasteiger partial charge is 0.289 e. The van der Waals surface area contributed by atoms with Crippen LogP contribution in [-0.2, 0) is 0 Å². The summed E-state index contributed by atoms with van der Waals surface area (Å²) in [6.45, 7) is 1.85. The van der Waals surface area contributed by atoms with Crippen molar-refractivity contribution in [3.05, 3.63) is 57.9 Å². The molecule has 122 valence electrons. The fourth-order valence-electron chi connectivity index (χ4n) is 2.22. The number of aromatic amines is 1. The molecule has 0 radical (unpaired) electrons. The van der Waals surface area contributed by atoms with E-state index < -0.39 is 0 Å². The molecule has 0 atom stereocenters. The summed E-state index contributed by atoms with van der Waals surface area (Å²) in [4.78, 5) is 13.2. The Labute approximate surface area is 143 Å². The van der Waals surface area contributed by atoms with Gasteiger partial charge < -0.3 is 4.74 Å². The lowest BCUT2D eigenvalue weighted by Gasteiger charge is -2.02. The molecule has 2 aromatic heterocycles. The van der Waals surface area contributed by atoms with Gasteiger partial charge in [-0.05, 0) is 42.6 Å². The van der Waals surface area contributed by atoms with Crippen LogP contribution in [0.15, 0.2) is 46.9 Å². The van der Waals surface area contributed by atoms with E-state index in [2.05, 4.69) is 20.7 Å². The van der Waals surface area contributed by atoms with Gasteiger partial charge in [0.05, 0.1) is 19.0 Å². The molecule has 0 aliphatic rings. The number of carbonyl (C=O) groups is 1. The SMILES string of the molecule is COc1ccc(-c2n[nH]c(C(=O)N/N=C\c3cccs3)c2C)cc1. The number of hydrogen-bond acceptors (Lipinski definition) is 5. The highest BCUT2D eigenvalue weighted by molar-refractivity contribution is 7.11. The zero-order valence-electron chi connectivity index (χ0n) is 13.2. The van der Waals surface area contributed by atoms with E-state index in [9.17, 15) is 4.79 Å². The van der Waals surface area contributed by atoms with Gasteiger partial charge in [0.2, 0.25) is 0 Å². The predicted molar refractivity (Wildman–Crippen MR) is 94.7 cm³/mol. The van der Waals surface area contributed by atoms with E-state index in [0.717, 1.165) is 27.4 Å². The van der Waals surface area contributed by atoms with E-state index in [4.69, 9.17) is 4.74 Å². The molecule has 3 rings (SSSR count). The summed E-state index contributed by atoms with van der Waals surface area (Å²) in [6, 6.07) is 11.4. The summed E-state index contributed by atoms with van der Waals surface area (Å²) in [5, 5.41) is 12.9. The summed E-state index contributed by atoms with van der Waals surface area (Å²) in [5.74, 6) is 0.445. The van der Waals surface area contributed by atoms with Crippen LogP contribution < -0.4 is 10.2 Å². The van der Waals surface area contributed by atoms with E-state index in [0.29, 0.717) is 5.69 Å². The van der Waals surface area contributed by atoms with Gasteiger partial charge >= 0.3 is 0 Å². The number of rotatable bonds is 5. The number of H-pyrrole nitrogens is 1. The van der Waals surface area contributed by atoms with Crippen LogP contribution in [0.25, 0.3) is 11.3 Å². The molecule has 0 spiro atoms.